The number of imidazole rings is 1. The molecule has 0 saturated carbocycles. The van der Waals surface area contributed by atoms with E-state index in [0.29, 0.717) is 0 Å². The van der Waals surface area contributed by atoms with Crippen LogP contribution in [0.3, 0.4) is 0 Å². The number of rotatable bonds is 2. The SMILES string of the molecule is Cn1cnc(C(=O)Nc2ccc(O)c(F)c2)c1. The van der Waals surface area contributed by atoms with Gasteiger partial charge in [0.05, 0.1) is 6.33 Å². The van der Waals surface area contributed by atoms with Crippen molar-refractivity contribution in [2.45, 2.75) is 0 Å². The van der Waals surface area contributed by atoms with Crippen molar-refractivity contribution in [3.63, 3.8) is 0 Å². The predicted molar refractivity (Wildman–Crippen MR) is 59.2 cm³/mol. The molecule has 0 radical (unpaired) electrons. The first-order chi connectivity index (χ1) is 8.06. The van der Waals surface area contributed by atoms with Crippen LogP contribution in [0.5, 0.6) is 5.75 Å². The van der Waals surface area contributed by atoms with Gasteiger partial charge < -0.3 is 15.0 Å². The van der Waals surface area contributed by atoms with Crippen molar-refractivity contribution >= 4 is 11.6 Å². The number of anilines is 1. The molecule has 1 amide bonds. The average Bonchev–Trinajstić information content (AvgIpc) is 2.70. The summed E-state index contributed by atoms with van der Waals surface area (Å²) < 4.78 is 14.6. The number of hydrogen-bond donors (Lipinski definition) is 2. The lowest BCUT2D eigenvalue weighted by molar-refractivity contribution is 0.102. The van der Waals surface area contributed by atoms with Gasteiger partial charge in [0.1, 0.15) is 5.69 Å². The number of aromatic hydroxyl groups is 1. The molecule has 1 aromatic carbocycles. The van der Waals surface area contributed by atoms with Crippen LogP contribution in [0.1, 0.15) is 10.5 Å². The van der Waals surface area contributed by atoms with Crippen LogP contribution in [0, 0.1) is 5.82 Å². The summed E-state index contributed by atoms with van der Waals surface area (Å²) in [6.07, 6.45) is 3.04. The normalized spacial score (nSPS) is 10.2. The van der Waals surface area contributed by atoms with Gasteiger partial charge in [0.2, 0.25) is 0 Å². The first kappa shape index (κ1) is 11.1. The number of carbonyl (C=O) groups excluding carboxylic acids is 1. The molecular weight excluding hydrogens is 225 g/mol. The number of phenols is 1. The van der Waals surface area contributed by atoms with Gasteiger partial charge in [-0.3, -0.25) is 4.79 Å². The smallest absolute Gasteiger partial charge is 0.275 e. The zero-order chi connectivity index (χ0) is 12.4. The minimum absolute atomic E-state index is 0.237. The highest BCUT2D eigenvalue weighted by molar-refractivity contribution is 6.02. The van der Waals surface area contributed by atoms with E-state index in [-0.39, 0.29) is 11.4 Å². The Labute approximate surface area is 96.5 Å². The summed E-state index contributed by atoms with van der Waals surface area (Å²) in [5.74, 6) is -1.68. The lowest BCUT2D eigenvalue weighted by Gasteiger charge is -2.03. The van der Waals surface area contributed by atoms with Crippen LogP contribution in [-0.4, -0.2) is 20.6 Å². The largest absolute Gasteiger partial charge is 0.505 e. The van der Waals surface area contributed by atoms with Gasteiger partial charge in [-0.2, -0.15) is 0 Å². The van der Waals surface area contributed by atoms with Crippen molar-refractivity contribution < 1.29 is 14.3 Å². The highest BCUT2D eigenvalue weighted by Crippen LogP contribution is 2.19. The zero-order valence-corrected chi connectivity index (χ0v) is 9.01. The number of benzene rings is 1. The molecule has 0 fully saturated rings. The Hall–Kier alpha value is -2.37. The number of hydrogen-bond acceptors (Lipinski definition) is 3. The van der Waals surface area contributed by atoms with Crippen LogP contribution in [0.25, 0.3) is 0 Å². The van der Waals surface area contributed by atoms with E-state index < -0.39 is 17.5 Å². The average molecular weight is 235 g/mol. The van der Waals surface area contributed by atoms with Crippen LogP contribution >= 0.6 is 0 Å². The summed E-state index contributed by atoms with van der Waals surface area (Å²) >= 11 is 0. The Balaban J connectivity index is 2.15. The third kappa shape index (κ3) is 2.41. The minimum Gasteiger partial charge on any atom is -0.505 e. The van der Waals surface area contributed by atoms with Gasteiger partial charge in [-0.05, 0) is 12.1 Å². The van der Waals surface area contributed by atoms with E-state index in [1.165, 1.54) is 18.5 Å². The van der Waals surface area contributed by atoms with Gasteiger partial charge >= 0.3 is 0 Å². The standard InChI is InChI=1S/C11H10FN3O2/c1-15-5-9(13-6-15)11(17)14-7-2-3-10(16)8(12)4-7/h2-6,16H,1H3,(H,14,17). The summed E-state index contributed by atoms with van der Waals surface area (Å²) in [5, 5.41) is 11.5. The first-order valence-electron chi connectivity index (χ1n) is 4.84. The van der Waals surface area contributed by atoms with Gasteiger partial charge in [-0.1, -0.05) is 0 Å². The number of halogens is 1. The molecule has 1 aromatic heterocycles. The number of aromatic nitrogens is 2. The molecule has 2 aromatic rings. The van der Waals surface area contributed by atoms with E-state index in [1.54, 1.807) is 17.8 Å². The summed E-state index contributed by atoms with van der Waals surface area (Å²) in [6, 6.07) is 3.61. The monoisotopic (exact) mass is 235 g/mol. The van der Waals surface area contributed by atoms with Crippen molar-refractivity contribution in [2.24, 2.45) is 7.05 Å². The Morgan fingerprint density at radius 3 is 2.88 bits per heavy atom. The van der Waals surface area contributed by atoms with Gasteiger partial charge in [-0.15, -0.1) is 0 Å². The van der Waals surface area contributed by atoms with Crippen LogP contribution in [0.2, 0.25) is 0 Å². The molecule has 0 saturated heterocycles. The van der Waals surface area contributed by atoms with E-state index in [0.717, 1.165) is 6.07 Å². The molecule has 0 atom stereocenters. The predicted octanol–water partition coefficient (Wildman–Crippen LogP) is 1.52. The third-order valence-corrected chi connectivity index (χ3v) is 2.14. The molecule has 5 nitrogen and oxygen atoms in total. The van der Waals surface area contributed by atoms with E-state index in [9.17, 15) is 9.18 Å². The van der Waals surface area contributed by atoms with Crippen LogP contribution < -0.4 is 5.32 Å². The Kier molecular flexibility index (Phi) is 2.78. The van der Waals surface area contributed by atoms with Crippen molar-refractivity contribution in [3.05, 3.63) is 42.2 Å². The summed E-state index contributed by atoms with van der Waals surface area (Å²) in [7, 11) is 1.74. The Morgan fingerprint density at radius 2 is 2.29 bits per heavy atom. The Bertz CT molecular complexity index is 566. The molecular formula is C11H10FN3O2. The molecule has 88 valence electrons. The molecule has 0 bridgehead atoms. The molecule has 0 aliphatic carbocycles. The number of carbonyl (C=O) groups is 1. The number of aryl methyl sites for hydroxylation is 1. The fourth-order valence-corrected chi connectivity index (χ4v) is 1.31. The second kappa shape index (κ2) is 4.25. The molecule has 0 aliphatic rings. The fraction of sp³-hybridized carbons (Fsp3) is 0.0909. The minimum atomic E-state index is -0.788. The molecule has 2 rings (SSSR count). The van der Waals surface area contributed by atoms with Crippen molar-refractivity contribution in [3.8, 4) is 5.75 Å². The Morgan fingerprint density at radius 1 is 1.53 bits per heavy atom. The maximum absolute atomic E-state index is 13.0. The maximum Gasteiger partial charge on any atom is 0.275 e. The maximum atomic E-state index is 13.0. The third-order valence-electron chi connectivity index (χ3n) is 2.14. The van der Waals surface area contributed by atoms with Crippen molar-refractivity contribution in [1.29, 1.82) is 0 Å². The highest BCUT2D eigenvalue weighted by atomic mass is 19.1. The lowest BCUT2D eigenvalue weighted by Crippen LogP contribution is -2.12. The highest BCUT2D eigenvalue weighted by Gasteiger charge is 2.10. The van der Waals surface area contributed by atoms with E-state index >= 15 is 0 Å². The summed E-state index contributed by atoms with van der Waals surface area (Å²) in [5.41, 5.74) is 0.497. The molecule has 2 N–H and O–H groups in total. The van der Waals surface area contributed by atoms with Crippen LogP contribution in [0.15, 0.2) is 30.7 Å². The number of phenolic OH excluding ortho intramolecular Hbond substituents is 1. The fourth-order valence-electron chi connectivity index (χ4n) is 1.31. The van der Waals surface area contributed by atoms with Gasteiger partial charge in [0.25, 0.3) is 5.91 Å². The summed E-state index contributed by atoms with van der Waals surface area (Å²) in [6.45, 7) is 0. The molecule has 17 heavy (non-hydrogen) atoms. The van der Waals surface area contributed by atoms with Crippen LogP contribution in [0.4, 0.5) is 10.1 Å². The van der Waals surface area contributed by atoms with Gasteiger partial charge in [0, 0.05) is 25.0 Å². The lowest BCUT2D eigenvalue weighted by atomic mass is 10.3. The topological polar surface area (TPSA) is 67.2 Å². The number of nitrogens with zero attached hydrogens (tertiary/aromatic N) is 2. The van der Waals surface area contributed by atoms with Crippen LogP contribution in [-0.2, 0) is 7.05 Å². The molecule has 6 heteroatoms. The second-order valence-corrected chi connectivity index (χ2v) is 3.54. The van der Waals surface area contributed by atoms with Gasteiger partial charge in [-0.25, -0.2) is 9.37 Å². The first-order valence-corrected chi connectivity index (χ1v) is 4.84. The van der Waals surface area contributed by atoms with Gasteiger partial charge in [0.15, 0.2) is 11.6 Å². The quantitative estimate of drug-likeness (QED) is 0.775. The molecule has 0 spiro atoms. The molecule has 0 aliphatic heterocycles. The van der Waals surface area contributed by atoms with E-state index in [2.05, 4.69) is 10.3 Å². The molecule has 0 unspecified atom stereocenters. The van der Waals surface area contributed by atoms with Crippen molar-refractivity contribution in [2.75, 3.05) is 5.32 Å². The molecule has 1 heterocycles. The van der Waals surface area contributed by atoms with Crippen molar-refractivity contribution in [1.82, 2.24) is 9.55 Å². The zero-order valence-electron chi connectivity index (χ0n) is 9.01. The summed E-state index contributed by atoms with van der Waals surface area (Å²) in [4.78, 5) is 15.5. The number of nitrogens with one attached hydrogen (secondary N) is 1. The van der Waals surface area contributed by atoms with E-state index in [1.807, 2.05) is 0 Å². The number of amides is 1. The van der Waals surface area contributed by atoms with E-state index in [4.69, 9.17) is 5.11 Å². The second-order valence-electron chi connectivity index (χ2n) is 3.54.